The van der Waals surface area contributed by atoms with Gasteiger partial charge in [0.15, 0.2) is 0 Å². The summed E-state index contributed by atoms with van der Waals surface area (Å²) in [5.74, 6) is 0.563. The quantitative estimate of drug-likeness (QED) is 0.123. The van der Waals surface area contributed by atoms with Crippen molar-refractivity contribution in [1.82, 2.24) is 0 Å². The summed E-state index contributed by atoms with van der Waals surface area (Å²) in [6.45, 7) is 16.5. The van der Waals surface area contributed by atoms with Gasteiger partial charge in [0, 0.05) is 0 Å². The molecule has 0 saturated heterocycles. The van der Waals surface area contributed by atoms with Gasteiger partial charge in [0.25, 0.3) is 0 Å². The molecule has 2 radical (unpaired) electrons. The van der Waals surface area contributed by atoms with Crippen molar-refractivity contribution < 1.29 is 23.3 Å². The van der Waals surface area contributed by atoms with Crippen molar-refractivity contribution in [2.75, 3.05) is 0 Å². The normalized spacial score (nSPS) is 10.2. The van der Waals surface area contributed by atoms with E-state index in [4.69, 9.17) is 0 Å². The number of hydrogen-bond donors (Lipinski definition) is 0. The van der Waals surface area contributed by atoms with Crippen molar-refractivity contribution in [3.63, 3.8) is 0 Å². The molecule has 262 valence electrons. The van der Waals surface area contributed by atoms with Crippen LogP contribution in [0.5, 0.6) is 0 Å². The van der Waals surface area contributed by atoms with Crippen LogP contribution in [0.25, 0.3) is 65.3 Å². The van der Waals surface area contributed by atoms with Crippen LogP contribution in [0.1, 0.15) is 47.6 Å². The summed E-state index contributed by atoms with van der Waals surface area (Å²) in [5.41, 5.74) is 12.4. The van der Waals surface area contributed by atoms with E-state index in [0.29, 0.717) is 5.92 Å². The summed E-state index contributed by atoms with van der Waals surface area (Å²) < 4.78 is 0. The Morgan fingerprint density at radius 1 is 0.510 bits per heavy atom. The van der Waals surface area contributed by atoms with E-state index in [2.05, 4.69) is 176 Å². The van der Waals surface area contributed by atoms with Crippen LogP contribution in [0.3, 0.4) is 0 Å². The Labute approximate surface area is 335 Å². The van der Waals surface area contributed by atoms with Crippen molar-refractivity contribution in [2.24, 2.45) is 0 Å². The Bertz CT molecular complexity index is 2370. The monoisotopic (exact) mass is 800 g/mol. The molecule has 0 atom stereocenters. The molecule has 0 aliphatic heterocycles. The van der Waals surface area contributed by atoms with E-state index in [-0.39, 0.29) is 39.7 Å². The van der Waals surface area contributed by atoms with E-state index in [0.717, 1.165) is 0 Å². The van der Waals surface area contributed by atoms with Crippen LogP contribution in [-0.4, -0.2) is 6.88 Å². The number of hydrogen-bond acceptors (Lipinski definition) is 0. The van der Waals surface area contributed by atoms with Gasteiger partial charge in [-0.1, -0.05) is 141 Å². The molecule has 0 unspecified atom stereocenters. The fourth-order valence-electron chi connectivity index (χ4n) is 7.12. The van der Waals surface area contributed by atoms with E-state index >= 15 is 0 Å². The molecule has 0 aromatic heterocycles. The number of fused-ring (bicyclic) bond motifs is 4. The van der Waals surface area contributed by atoms with E-state index in [1.165, 1.54) is 116 Å². The second-order valence-corrected chi connectivity index (χ2v) is 12.9. The molecule has 51 heavy (non-hydrogen) atoms. The minimum absolute atomic E-state index is 0. The first-order valence-corrected chi connectivity index (χ1v) is 20.6. The summed E-state index contributed by atoms with van der Waals surface area (Å²) in [6.07, 6.45) is 0. The summed E-state index contributed by atoms with van der Waals surface area (Å²) in [7, 11) is 0. The van der Waals surface area contributed by atoms with Crippen LogP contribution < -0.4 is 0 Å². The molecule has 8 rings (SSSR count). The van der Waals surface area contributed by atoms with E-state index in [1.54, 1.807) is 0 Å². The van der Waals surface area contributed by atoms with Crippen molar-refractivity contribution in [3.05, 3.63) is 170 Å². The van der Waals surface area contributed by atoms with E-state index in [1.807, 2.05) is 0 Å². The zero-order valence-electron chi connectivity index (χ0n) is 31.0. The summed E-state index contributed by atoms with van der Waals surface area (Å²) in [5, 5.41) is 10.8. The van der Waals surface area contributed by atoms with Gasteiger partial charge in [0.2, 0.25) is 0 Å². The number of rotatable bonds is 3. The SMILES string of the molecule is CC(C)c1cc2c(-c3cccc4ccccc34)cccc2[cH-]1.Cc1cc2c(-c3cccc4ccccc34)c(C)c(C)c(C)c2[cH-]1.Cl.Cl.[CH3-].[CH3-].[Si]=[Zr]. The van der Waals surface area contributed by atoms with E-state index < -0.39 is 0 Å². The van der Waals surface area contributed by atoms with Gasteiger partial charge < -0.3 is 14.9 Å². The third-order valence-corrected chi connectivity index (χ3v) is 9.79. The second kappa shape index (κ2) is 19.0. The number of benzene rings is 6. The standard InChI is InChI=1S/C23H21.C22H19.2CH3.2ClH.Si.Zr/c1-14-12-21-16(3)15(2)17(4)23(22(21)13-14)20-11-7-9-18-8-5-6-10-19(18)20;1-15(2)18-13-17-9-6-12-21(22(17)14-18)20-11-5-8-16-7-3-4-10-19(16)20;;;;;;/h5-13H,1-4H3;3-15H,1-2H3;2*1H3;2*1H;;/q4*-1;;;;. The van der Waals surface area contributed by atoms with Crippen LogP contribution in [0.15, 0.2) is 127 Å². The van der Waals surface area contributed by atoms with Gasteiger partial charge in [-0.25, -0.2) is 0 Å². The van der Waals surface area contributed by atoms with E-state index in [9.17, 15) is 0 Å². The zero-order chi connectivity index (χ0) is 33.2. The van der Waals surface area contributed by atoms with Crippen molar-refractivity contribution in [2.45, 2.75) is 47.5 Å². The number of aryl methyl sites for hydroxylation is 2. The molecule has 8 aromatic rings. The first kappa shape index (κ1) is 43.9. The molecule has 0 N–H and O–H groups in total. The topological polar surface area (TPSA) is 0 Å². The number of halogens is 2. The van der Waals surface area contributed by atoms with Gasteiger partial charge in [-0.05, 0) is 52.4 Å². The van der Waals surface area contributed by atoms with Crippen LogP contribution in [0.4, 0.5) is 0 Å². The molecule has 8 aromatic carbocycles. The summed E-state index contributed by atoms with van der Waals surface area (Å²) in [4.78, 5) is 0. The molecule has 0 nitrogen and oxygen atoms in total. The molecule has 0 fully saturated rings. The third-order valence-electron chi connectivity index (χ3n) is 9.79. The van der Waals surface area contributed by atoms with Gasteiger partial charge in [-0.2, -0.15) is 12.1 Å². The summed E-state index contributed by atoms with van der Waals surface area (Å²) >= 11 is 1.36. The Hall–Kier alpha value is -3.26. The van der Waals surface area contributed by atoms with Crippen LogP contribution in [0.2, 0.25) is 0 Å². The molecule has 0 heterocycles. The maximum atomic E-state index is 3.06. The van der Waals surface area contributed by atoms with Gasteiger partial charge in [-0.3, -0.25) is 0 Å². The Kier molecular flexibility index (Phi) is 16.4. The Morgan fingerprint density at radius 3 is 1.59 bits per heavy atom. The van der Waals surface area contributed by atoms with Gasteiger partial charge in [0.1, 0.15) is 0 Å². The molecule has 0 aliphatic rings. The maximum absolute atomic E-state index is 3.06. The summed E-state index contributed by atoms with van der Waals surface area (Å²) in [6, 6.07) is 46.5. The molecule has 0 bridgehead atoms. The van der Waals surface area contributed by atoms with Crippen molar-refractivity contribution >= 4 is 74.8 Å². The molecule has 4 heteroatoms. The average Bonchev–Trinajstić information content (AvgIpc) is 3.72. The minimum atomic E-state index is 0. The van der Waals surface area contributed by atoms with Crippen LogP contribution in [-0.2, 0) is 23.3 Å². The molecular formula is C47H48Cl2SiZr-4. The molecular weight excluding hydrogens is 755 g/mol. The van der Waals surface area contributed by atoms with Crippen LogP contribution >= 0.6 is 24.8 Å². The van der Waals surface area contributed by atoms with Crippen molar-refractivity contribution in [1.29, 1.82) is 0 Å². The Balaban J connectivity index is 0.000000314. The molecule has 0 amide bonds. The third kappa shape index (κ3) is 8.53. The molecule has 0 aliphatic carbocycles. The zero-order valence-corrected chi connectivity index (χ0v) is 36.1. The predicted octanol–water partition coefficient (Wildman–Crippen LogP) is 14.5. The van der Waals surface area contributed by atoms with Gasteiger partial charge in [0.05, 0.1) is 0 Å². The first-order chi connectivity index (χ1) is 22.8. The Morgan fingerprint density at radius 2 is 1.00 bits per heavy atom. The molecule has 0 spiro atoms. The molecule has 0 saturated carbocycles. The van der Waals surface area contributed by atoms with Crippen LogP contribution in [0, 0.1) is 42.5 Å². The fourth-order valence-corrected chi connectivity index (χ4v) is 7.12. The van der Waals surface area contributed by atoms with Gasteiger partial charge >= 0.3 is 30.2 Å². The fraction of sp³-hybridized carbons (Fsp3) is 0.149. The predicted molar refractivity (Wildman–Crippen MR) is 231 cm³/mol. The second-order valence-electron chi connectivity index (χ2n) is 12.9. The van der Waals surface area contributed by atoms with Gasteiger partial charge in [-0.15, -0.1) is 87.3 Å². The first-order valence-electron chi connectivity index (χ1n) is 16.4. The average molecular weight is 803 g/mol. The van der Waals surface area contributed by atoms with Crippen molar-refractivity contribution in [3.8, 4) is 22.3 Å².